The van der Waals surface area contributed by atoms with Gasteiger partial charge in [0.1, 0.15) is 0 Å². The van der Waals surface area contributed by atoms with Gasteiger partial charge in [-0.3, -0.25) is 14.9 Å². The van der Waals surface area contributed by atoms with Gasteiger partial charge in [0.05, 0.1) is 11.0 Å². The highest BCUT2D eigenvalue weighted by Gasteiger charge is 2.16. The Balaban J connectivity index is 2.88. The van der Waals surface area contributed by atoms with Gasteiger partial charge in [-0.2, -0.15) is 0 Å². The lowest BCUT2D eigenvalue weighted by Crippen LogP contribution is -2.35. The molecular weight excluding hydrogens is 246 g/mol. The van der Waals surface area contributed by atoms with E-state index in [0.717, 1.165) is 6.42 Å². The van der Waals surface area contributed by atoms with Crippen LogP contribution in [0.5, 0.6) is 0 Å². The van der Waals surface area contributed by atoms with Crippen molar-refractivity contribution in [2.24, 2.45) is 5.73 Å². The van der Waals surface area contributed by atoms with Gasteiger partial charge >= 0.3 is 0 Å². The number of carbonyl (C=O) groups excluding carboxylic acids is 1. The molecule has 19 heavy (non-hydrogen) atoms. The monoisotopic (exact) mass is 265 g/mol. The number of nitrogens with two attached hydrogens (primary N) is 1. The van der Waals surface area contributed by atoms with E-state index in [9.17, 15) is 14.9 Å². The molecule has 104 valence electrons. The van der Waals surface area contributed by atoms with Crippen LogP contribution < -0.4 is 11.1 Å². The minimum absolute atomic E-state index is 0.0179. The average molecular weight is 265 g/mol. The number of nitrogens with one attached hydrogen (secondary N) is 1. The molecule has 0 spiro atoms. The van der Waals surface area contributed by atoms with Gasteiger partial charge in [0, 0.05) is 17.3 Å². The van der Waals surface area contributed by atoms with E-state index in [0.29, 0.717) is 24.1 Å². The van der Waals surface area contributed by atoms with Crippen LogP contribution in [0.25, 0.3) is 0 Å². The summed E-state index contributed by atoms with van der Waals surface area (Å²) in [6, 6.07) is 4.09. The molecule has 0 saturated heterocycles. The van der Waals surface area contributed by atoms with Crippen molar-refractivity contribution in [1.82, 2.24) is 0 Å². The van der Waals surface area contributed by atoms with Crippen molar-refractivity contribution < 1.29 is 9.72 Å². The largest absolute Gasteiger partial charge is 0.324 e. The molecule has 1 aromatic rings. The van der Waals surface area contributed by atoms with Crippen LogP contribution in [0.4, 0.5) is 11.4 Å². The highest BCUT2D eigenvalue weighted by atomic mass is 16.6. The summed E-state index contributed by atoms with van der Waals surface area (Å²) in [6.07, 6.45) is 1.96. The van der Waals surface area contributed by atoms with E-state index in [-0.39, 0.29) is 11.6 Å². The van der Waals surface area contributed by atoms with Gasteiger partial charge in [0.25, 0.3) is 5.69 Å². The van der Waals surface area contributed by atoms with Crippen LogP contribution in [-0.4, -0.2) is 16.9 Å². The smallest absolute Gasteiger partial charge is 0.274 e. The Labute approximate surface area is 112 Å². The number of carbonyl (C=O) groups is 1. The molecular formula is C13H19N3O3. The lowest BCUT2D eigenvalue weighted by atomic mass is 10.1. The van der Waals surface area contributed by atoms with E-state index < -0.39 is 11.0 Å². The van der Waals surface area contributed by atoms with E-state index in [1.165, 1.54) is 6.07 Å². The Bertz CT molecular complexity index is 474. The predicted molar refractivity (Wildman–Crippen MR) is 74.0 cm³/mol. The molecule has 3 N–H and O–H groups in total. The fraction of sp³-hybridized carbons (Fsp3) is 0.462. The maximum atomic E-state index is 11.7. The van der Waals surface area contributed by atoms with Gasteiger partial charge < -0.3 is 11.1 Å². The van der Waals surface area contributed by atoms with Crippen LogP contribution in [0.15, 0.2) is 18.2 Å². The minimum Gasteiger partial charge on any atom is -0.324 e. The number of benzene rings is 1. The first-order valence-electron chi connectivity index (χ1n) is 6.33. The molecule has 1 atom stereocenters. The van der Waals surface area contributed by atoms with E-state index in [1.807, 2.05) is 13.8 Å². The van der Waals surface area contributed by atoms with Gasteiger partial charge in [-0.15, -0.1) is 0 Å². The lowest BCUT2D eigenvalue weighted by Gasteiger charge is -2.11. The van der Waals surface area contributed by atoms with Crippen molar-refractivity contribution in [2.45, 2.75) is 39.2 Å². The standard InChI is InChI=1S/C13H19N3O3/c1-3-5-11(14)13(17)15-10-7-6-9(4-2)12(8-10)16(18)19/h6-8,11H,3-5,14H2,1-2H3,(H,15,17)/t11-/m1/s1. The van der Waals surface area contributed by atoms with Crippen LogP contribution in [0, 0.1) is 10.1 Å². The molecule has 6 heteroatoms. The molecule has 0 unspecified atom stereocenters. The molecule has 0 aliphatic rings. The Morgan fingerprint density at radius 3 is 2.68 bits per heavy atom. The van der Waals surface area contributed by atoms with Crippen molar-refractivity contribution in [3.8, 4) is 0 Å². The summed E-state index contributed by atoms with van der Waals surface area (Å²) < 4.78 is 0. The summed E-state index contributed by atoms with van der Waals surface area (Å²) in [7, 11) is 0. The normalized spacial score (nSPS) is 11.9. The number of hydrogen-bond donors (Lipinski definition) is 2. The number of aryl methyl sites for hydroxylation is 1. The Morgan fingerprint density at radius 1 is 1.47 bits per heavy atom. The number of nitro benzene ring substituents is 1. The van der Waals surface area contributed by atoms with Crippen LogP contribution in [-0.2, 0) is 11.2 Å². The first kappa shape index (κ1) is 15.1. The fourth-order valence-electron chi connectivity index (χ4n) is 1.79. The second-order valence-corrected chi connectivity index (χ2v) is 4.34. The van der Waals surface area contributed by atoms with Crippen LogP contribution >= 0.6 is 0 Å². The maximum Gasteiger partial charge on any atom is 0.274 e. The van der Waals surface area contributed by atoms with Gasteiger partial charge in [-0.1, -0.05) is 26.3 Å². The third-order valence-corrected chi connectivity index (χ3v) is 2.87. The molecule has 1 amide bonds. The number of hydrogen-bond acceptors (Lipinski definition) is 4. The highest BCUT2D eigenvalue weighted by Crippen LogP contribution is 2.23. The van der Waals surface area contributed by atoms with E-state index in [1.54, 1.807) is 12.1 Å². The first-order valence-corrected chi connectivity index (χ1v) is 6.33. The molecule has 0 saturated carbocycles. The molecule has 1 rings (SSSR count). The summed E-state index contributed by atoms with van der Waals surface area (Å²) in [5, 5.41) is 13.5. The van der Waals surface area contributed by atoms with Crippen LogP contribution in [0.2, 0.25) is 0 Å². The third kappa shape index (κ3) is 4.03. The van der Waals surface area contributed by atoms with Crippen molar-refractivity contribution in [1.29, 1.82) is 0 Å². The van der Waals surface area contributed by atoms with E-state index in [4.69, 9.17) is 5.73 Å². The van der Waals surface area contributed by atoms with Crippen molar-refractivity contribution in [3.63, 3.8) is 0 Å². The van der Waals surface area contributed by atoms with Crippen molar-refractivity contribution in [2.75, 3.05) is 5.32 Å². The molecule has 0 aliphatic carbocycles. The number of nitrogens with zero attached hydrogens (tertiary/aromatic N) is 1. The molecule has 0 heterocycles. The zero-order valence-electron chi connectivity index (χ0n) is 11.2. The number of anilines is 1. The highest BCUT2D eigenvalue weighted by molar-refractivity contribution is 5.94. The van der Waals surface area contributed by atoms with Crippen molar-refractivity contribution in [3.05, 3.63) is 33.9 Å². The zero-order chi connectivity index (χ0) is 14.4. The third-order valence-electron chi connectivity index (χ3n) is 2.87. The van der Waals surface area contributed by atoms with Crippen LogP contribution in [0.3, 0.4) is 0 Å². The lowest BCUT2D eigenvalue weighted by molar-refractivity contribution is -0.385. The summed E-state index contributed by atoms with van der Waals surface area (Å²) in [6.45, 7) is 3.78. The summed E-state index contributed by atoms with van der Waals surface area (Å²) >= 11 is 0. The second kappa shape index (κ2) is 6.84. The predicted octanol–water partition coefficient (Wildman–Crippen LogP) is 2.22. The molecule has 0 radical (unpaired) electrons. The zero-order valence-corrected chi connectivity index (χ0v) is 11.2. The molecule has 6 nitrogen and oxygen atoms in total. The van der Waals surface area contributed by atoms with E-state index in [2.05, 4.69) is 5.32 Å². The second-order valence-electron chi connectivity index (χ2n) is 4.34. The van der Waals surface area contributed by atoms with Crippen molar-refractivity contribution >= 4 is 17.3 Å². The van der Waals surface area contributed by atoms with E-state index >= 15 is 0 Å². The Hall–Kier alpha value is -1.95. The summed E-state index contributed by atoms with van der Waals surface area (Å²) in [5.41, 5.74) is 6.74. The summed E-state index contributed by atoms with van der Waals surface area (Å²) in [5.74, 6) is -0.319. The minimum atomic E-state index is -0.588. The quantitative estimate of drug-likeness (QED) is 0.608. The summed E-state index contributed by atoms with van der Waals surface area (Å²) in [4.78, 5) is 22.2. The SMILES string of the molecule is CCC[C@@H](N)C(=O)Nc1ccc(CC)c([N+](=O)[O-])c1. The molecule has 1 aromatic carbocycles. The van der Waals surface area contributed by atoms with Gasteiger partial charge in [-0.05, 0) is 18.9 Å². The number of amides is 1. The molecule has 0 aromatic heterocycles. The average Bonchev–Trinajstić information content (AvgIpc) is 2.38. The number of nitro groups is 1. The topological polar surface area (TPSA) is 98.3 Å². The van der Waals surface area contributed by atoms with Gasteiger partial charge in [0.2, 0.25) is 5.91 Å². The van der Waals surface area contributed by atoms with Gasteiger partial charge in [0.15, 0.2) is 0 Å². The molecule has 0 bridgehead atoms. The number of rotatable bonds is 6. The molecule has 0 aliphatic heterocycles. The fourth-order valence-corrected chi connectivity index (χ4v) is 1.79. The van der Waals surface area contributed by atoms with Crippen LogP contribution in [0.1, 0.15) is 32.3 Å². The first-order chi connectivity index (χ1) is 8.99. The Kier molecular flexibility index (Phi) is 5.44. The van der Waals surface area contributed by atoms with Gasteiger partial charge in [-0.25, -0.2) is 0 Å². The Morgan fingerprint density at radius 2 is 2.16 bits per heavy atom. The maximum absolute atomic E-state index is 11.7. The molecule has 0 fully saturated rings.